The molecular weight excluding hydrogens is 272 g/mol. The molecule has 0 saturated heterocycles. The summed E-state index contributed by atoms with van der Waals surface area (Å²) >= 11 is 0. The molecule has 0 radical (unpaired) electrons. The molecule has 0 bridgehead atoms. The van der Waals surface area contributed by atoms with E-state index in [0.29, 0.717) is 6.04 Å². The molecule has 3 rings (SSSR count). The molecule has 2 aliphatic rings. The van der Waals surface area contributed by atoms with Gasteiger partial charge in [-0.15, -0.1) is 0 Å². The lowest BCUT2D eigenvalue weighted by Crippen LogP contribution is -2.60. The summed E-state index contributed by atoms with van der Waals surface area (Å²) in [5.41, 5.74) is 2.43. The van der Waals surface area contributed by atoms with Gasteiger partial charge < -0.3 is 9.38 Å². The third kappa shape index (κ3) is 2.45. The van der Waals surface area contributed by atoms with Crippen LogP contribution in [0, 0.1) is 0 Å². The Morgan fingerprint density at radius 2 is 1.86 bits per heavy atom. The predicted molar refractivity (Wildman–Crippen MR) is 90.9 cm³/mol. The molecule has 1 aromatic rings. The van der Waals surface area contributed by atoms with Gasteiger partial charge in [0.25, 0.3) is 5.91 Å². The fourth-order valence-electron chi connectivity index (χ4n) is 4.27. The molecule has 0 spiro atoms. The molecule has 22 heavy (non-hydrogen) atoms. The van der Waals surface area contributed by atoms with Crippen LogP contribution in [-0.2, 0) is 11.2 Å². The van der Waals surface area contributed by atoms with E-state index in [0.717, 1.165) is 16.6 Å². The summed E-state index contributed by atoms with van der Waals surface area (Å²) in [6.07, 6.45) is 6.13. The molecule has 120 valence electrons. The largest absolute Gasteiger partial charge is 0.316 e. The maximum Gasteiger partial charge on any atom is 0.285 e. The molecule has 1 heterocycles. The van der Waals surface area contributed by atoms with Crippen molar-refractivity contribution in [3.05, 3.63) is 29.8 Å². The average molecular weight is 301 g/mol. The molecular formula is C19H29N2O+. The van der Waals surface area contributed by atoms with E-state index in [4.69, 9.17) is 0 Å². The molecule has 1 fully saturated rings. The van der Waals surface area contributed by atoms with Crippen molar-refractivity contribution in [1.29, 1.82) is 0 Å². The van der Waals surface area contributed by atoms with E-state index in [-0.39, 0.29) is 18.0 Å². The number of hydrogen-bond acceptors (Lipinski definition) is 1. The number of nitrogens with zero attached hydrogens (tertiary/aromatic N) is 2. The lowest BCUT2D eigenvalue weighted by Gasteiger charge is -2.42. The van der Waals surface area contributed by atoms with Gasteiger partial charge in [0.15, 0.2) is 6.04 Å². The second kappa shape index (κ2) is 5.69. The van der Waals surface area contributed by atoms with Crippen LogP contribution in [0.3, 0.4) is 0 Å². The van der Waals surface area contributed by atoms with E-state index in [9.17, 15) is 4.79 Å². The second-order valence-corrected chi connectivity index (χ2v) is 7.63. The molecule has 1 saturated carbocycles. The summed E-state index contributed by atoms with van der Waals surface area (Å²) in [7, 11) is 4.48. The number of hydrogen-bond donors (Lipinski definition) is 0. The quantitative estimate of drug-likeness (QED) is 0.784. The van der Waals surface area contributed by atoms with Crippen molar-refractivity contribution in [2.75, 3.05) is 19.0 Å². The van der Waals surface area contributed by atoms with E-state index in [1.807, 2.05) is 6.07 Å². The fourth-order valence-corrected chi connectivity index (χ4v) is 4.27. The van der Waals surface area contributed by atoms with Gasteiger partial charge in [-0.1, -0.05) is 18.2 Å². The topological polar surface area (TPSA) is 20.3 Å². The summed E-state index contributed by atoms with van der Waals surface area (Å²) in [5, 5.41) is 0. The van der Waals surface area contributed by atoms with Crippen LogP contribution >= 0.6 is 0 Å². The fraction of sp³-hybridized carbons (Fsp3) is 0.632. The smallest absolute Gasteiger partial charge is 0.285 e. The van der Waals surface area contributed by atoms with Gasteiger partial charge in [0.1, 0.15) is 0 Å². The highest BCUT2D eigenvalue weighted by Crippen LogP contribution is 2.35. The van der Waals surface area contributed by atoms with Gasteiger partial charge in [0, 0.05) is 11.7 Å². The first-order valence-electron chi connectivity index (χ1n) is 8.67. The summed E-state index contributed by atoms with van der Waals surface area (Å²) in [4.78, 5) is 15.3. The van der Waals surface area contributed by atoms with E-state index < -0.39 is 0 Å². The number of likely N-dealkylation sites (N-methyl/N-ethyl adjacent to an activating group) is 1. The highest BCUT2D eigenvalue weighted by Gasteiger charge is 2.43. The third-order valence-electron chi connectivity index (χ3n) is 6.07. The van der Waals surface area contributed by atoms with Gasteiger partial charge in [-0.05, 0) is 57.6 Å². The third-order valence-corrected chi connectivity index (χ3v) is 6.07. The first-order chi connectivity index (χ1) is 10.4. The molecule has 3 nitrogen and oxygen atoms in total. The Hall–Kier alpha value is -1.35. The van der Waals surface area contributed by atoms with E-state index >= 15 is 0 Å². The zero-order chi connectivity index (χ0) is 15.9. The van der Waals surface area contributed by atoms with Crippen molar-refractivity contribution >= 4 is 11.6 Å². The highest BCUT2D eigenvalue weighted by molar-refractivity contribution is 5.98. The monoisotopic (exact) mass is 301 g/mol. The second-order valence-electron chi connectivity index (χ2n) is 7.63. The first kappa shape index (κ1) is 15.5. The Balaban J connectivity index is 1.84. The number of amides is 1. The summed E-state index contributed by atoms with van der Waals surface area (Å²) in [6, 6.07) is 9.28. The molecule has 0 N–H and O–H groups in total. The summed E-state index contributed by atoms with van der Waals surface area (Å²) in [6.45, 7) is 4.29. The van der Waals surface area contributed by atoms with Crippen molar-refractivity contribution in [3.8, 4) is 0 Å². The van der Waals surface area contributed by atoms with Crippen LogP contribution in [0.1, 0.15) is 45.1 Å². The SMILES string of the molecule is C[C@H]1Cc2ccccc2N1C(=O)[C@H](C)[N+](C)(C)C1CCCC1. The van der Waals surface area contributed by atoms with Crippen LogP contribution < -0.4 is 4.90 Å². The molecule has 3 heteroatoms. The minimum absolute atomic E-state index is 0.0108. The van der Waals surface area contributed by atoms with Crippen molar-refractivity contribution < 1.29 is 9.28 Å². The number of benzene rings is 1. The number of carbonyl (C=O) groups is 1. The minimum atomic E-state index is 0.0108. The number of anilines is 1. The van der Waals surface area contributed by atoms with Crippen LogP contribution in [0.4, 0.5) is 5.69 Å². The van der Waals surface area contributed by atoms with E-state index in [1.54, 1.807) is 0 Å². The number of carbonyl (C=O) groups excluding carboxylic acids is 1. The van der Waals surface area contributed by atoms with Crippen molar-refractivity contribution in [2.45, 2.75) is 64.1 Å². The number of quaternary nitrogens is 1. The van der Waals surface area contributed by atoms with Gasteiger partial charge in [-0.25, -0.2) is 0 Å². The van der Waals surface area contributed by atoms with Crippen LogP contribution in [0.25, 0.3) is 0 Å². The minimum Gasteiger partial charge on any atom is -0.316 e. The van der Waals surface area contributed by atoms with E-state index in [1.165, 1.54) is 31.2 Å². The van der Waals surface area contributed by atoms with Crippen LogP contribution in [0.15, 0.2) is 24.3 Å². The molecule has 2 atom stereocenters. The predicted octanol–water partition coefficient (Wildman–Crippen LogP) is 3.37. The number of fused-ring (bicyclic) bond motifs is 1. The van der Waals surface area contributed by atoms with Crippen molar-refractivity contribution in [3.63, 3.8) is 0 Å². The first-order valence-corrected chi connectivity index (χ1v) is 8.67. The Morgan fingerprint density at radius 1 is 1.23 bits per heavy atom. The number of rotatable bonds is 3. The molecule has 0 aromatic heterocycles. The number of para-hydroxylation sites is 1. The van der Waals surface area contributed by atoms with Gasteiger partial charge >= 0.3 is 0 Å². The maximum atomic E-state index is 13.2. The van der Waals surface area contributed by atoms with Crippen molar-refractivity contribution in [2.24, 2.45) is 0 Å². The molecule has 1 aliphatic carbocycles. The zero-order valence-corrected chi connectivity index (χ0v) is 14.4. The maximum absolute atomic E-state index is 13.2. The Bertz CT molecular complexity index is 560. The Morgan fingerprint density at radius 3 is 2.55 bits per heavy atom. The summed E-state index contributed by atoms with van der Waals surface area (Å²) in [5.74, 6) is 0.286. The van der Waals surface area contributed by atoms with E-state index in [2.05, 4.69) is 51.0 Å². The molecule has 1 aromatic carbocycles. The molecule has 1 amide bonds. The molecule has 1 aliphatic heterocycles. The van der Waals surface area contributed by atoms with Gasteiger partial charge in [0.05, 0.1) is 20.1 Å². The standard InChI is InChI=1S/C19H29N2O/c1-14-13-16-9-5-8-12-18(16)20(14)19(22)15(2)21(3,4)17-10-6-7-11-17/h5,8-9,12,14-15,17H,6-7,10-11,13H2,1-4H3/q+1/t14-,15-/m0/s1. The Kier molecular flexibility index (Phi) is 4.02. The van der Waals surface area contributed by atoms with Crippen LogP contribution in [0.5, 0.6) is 0 Å². The van der Waals surface area contributed by atoms with Crippen molar-refractivity contribution in [1.82, 2.24) is 0 Å². The van der Waals surface area contributed by atoms with Gasteiger partial charge in [0.2, 0.25) is 0 Å². The average Bonchev–Trinajstić information content (AvgIpc) is 3.12. The lowest BCUT2D eigenvalue weighted by molar-refractivity contribution is -0.927. The van der Waals surface area contributed by atoms with Gasteiger partial charge in [-0.3, -0.25) is 4.79 Å². The zero-order valence-electron chi connectivity index (χ0n) is 14.4. The van der Waals surface area contributed by atoms with Gasteiger partial charge in [-0.2, -0.15) is 0 Å². The van der Waals surface area contributed by atoms with Crippen LogP contribution in [-0.4, -0.2) is 42.6 Å². The highest BCUT2D eigenvalue weighted by atomic mass is 16.2. The normalized spacial score (nSPS) is 23.6. The summed E-state index contributed by atoms with van der Waals surface area (Å²) < 4.78 is 0.824. The molecule has 0 unspecified atom stereocenters. The van der Waals surface area contributed by atoms with Crippen LogP contribution in [0.2, 0.25) is 0 Å². The lowest BCUT2D eigenvalue weighted by atomic mass is 10.1. The Labute approximate surface area is 134 Å².